The van der Waals surface area contributed by atoms with Crippen molar-refractivity contribution >= 4 is 11.8 Å². The lowest BCUT2D eigenvalue weighted by Gasteiger charge is -2.32. The van der Waals surface area contributed by atoms with Crippen molar-refractivity contribution in [2.24, 2.45) is 11.8 Å². The van der Waals surface area contributed by atoms with Crippen molar-refractivity contribution in [2.45, 2.75) is 39.5 Å². The van der Waals surface area contributed by atoms with Gasteiger partial charge in [-0.2, -0.15) is 0 Å². The van der Waals surface area contributed by atoms with E-state index in [-0.39, 0.29) is 18.4 Å². The second kappa shape index (κ2) is 10.6. The molecule has 3 rings (SSSR count). The van der Waals surface area contributed by atoms with E-state index in [0.717, 1.165) is 63.2 Å². The second-order valence-corrected chi connectivity index (χ2v) is 8.30. The predicted octanol–water partition coefficient (Wildman–Crippen LogP) is 3.21. The fourth-order valence-electron chi connectivity index (χ4n) is 4.01. The third kappa shape index (κ3) is 6.20. The van der Waals surface area contributed by atoms with Crippen LogP contribution in [-0.2, 0) is 9.53 Å². The van der Waals surface area contributed by atoms with Gasteiger partial charge in [0.15, 0.2) is 0 Å². The second-order valence-electron chi connectivity index (χ2n) is 8.30. The Balaban J connectivity index is 1.46. The molecular weight excluding hydrogens is 368 g/mol. The first kappa shape index (κ1) is 21.6. The normalized spacial score (nSPS) is 20.6. The number of hydrogen-bond donors (Lipinski definition) is 0. The van der Waals surface area contributed by atoms with E-state index in [0.29, 0.717) is 25.0 Å². The van der Waals surface area contributed by atoms with Gasteiger partial charge in [0.2, 0.25) is 5.91 Å². The number of amides is 2. The van der Waals surface area contributed by atoms with Gasteiger partial charge in [0, 0.05) is 44.3 Å². The summed E-state index contributed by atoms with van der Waals surface area (Å²) < 4.78 is 11.2. The van der Waals surface area contributed by atoms with Gasteiger partial charge in [-0.3, -0.25) is 9.59 Å². The highest BCUT2D eigenvalue weighted by Crippen LogP contribution is 2.21. The quantitative estimate of drug-likeness (QED) is 0.703. The topological polar surface area (TPSA) is 59.1 Å². The van der Waals surface area contributed by atoms with Gasteiger partial charge in [-0.1, -0.05) is 6.92 Å². The van der Waals surface area contributed by atoms with Gasteiger partial charge >= 0.3 is 0 Å². The lowest BCUT2D eigenvalue weighted by atomic mass is 9.98. The molecule has 1 aromatic rings. The minimum atomic E-state index is 0.0616. The van der Waals surface area contributed by atoms with Crippen LogP contribution >= 0.6 is 0 Å². The average molecular weight is 403 g/mol. The zero-order valence-corrected chi connectivity index (χ0v) is 17.8. The molecule has 0 aromatic heterocycles. The van der Waals surface area contributed by atoms with Gasteiger partial charge in [0.25, 0.3) is 5.91 Å². The Labute approximate surface area is 174 Å². The first-order valence-electron chi connectivity index (χ1n) is 10.9. The van der Waals surface area contributed by atoms with Crippen molar-refractivity contribution in [3.8, 4) is 5.75 Å². The fraction of sp³-hybridized carbons (Fsp3) is 0.652. The van der Waals surface area contributed by atoms with E-state index in [4.69, 9.17) is 9.47 Å². The first-order chi connectivity index (χ1) is 14.1. The van der Waals surface area contributed by atoms with Gasteiger partial charge in [-0.15, -0.1) is 0 Å². The molecule has 2 saturated heterocycles. The molecule has 0 N–H and O–H groups in total. The first-order valence-corrected chi connectivity index (χ1v) is 10.9. The number of ether oxygens (including phenoxy) is 2. The molecule has 160 valence electrons. The lowest BCUT2D eigenvalue weighted by molar-refractivity contribution is -0.138. The summed E-state index contributed by atoms with van der Waals surface area (Å²) in [7, 11) is 0. The molecular formula is C23H34N2O4. The summed E-state index contributed by atoms with van der Waals surface area (Å²) >= 11 is 0. The van der Waals surface area contributed by atoms with Crippen LogP contribution in [0.15, 0.2) is 24.3 Å². The summed E-state index contributed by atoms with van der Waals surface area (Å²) in [6, 6.07) is 7.46. The van der Waals surface area contributed by atoms with E-state index in [2.05, 4.69) is 6.92 Å². The van der Waals surface area contributed by atoms with Crippen molar-refractivity contribution in [2.75, 3.05) is 46.0 Å². The van der Waals surface area contributed by atoms with E-state index >= 15 is 0 Å². The number of likely N-dealkylation sites (tertiary alicyclic amines) is 2. The smallest absolute Gasteiger partial charge is 0.253 e. The van der Waals surface area contributed by atoms with E-state index in [1.54, 1.807) is 0 Å². The fourth-order valence-corrected chi connectivity index (χ4v) is 4.01. The third-order valence-electron chi connectivity index (χ3n) is 5.96. The molecule has 6 heteroatoms. The van der Waals surface area contributed by atoms with Crippen LogP contribution in [0.2, 0.25) is 0 Å². The maximum atomic E-state index is 12.6. The molecule has 0 spiro atoms. The molecule has 1 atom stereocenters. The minimum absolute atomic E-state index is 0.0616. The largest absolute Gasteiger partial charge is 0.493 e. The third-order valence-corrected chi connectivity index (χ3v) is 5.96. The Bertz CT molecular complexity index is 668. The van der Waals surface area contributed by atoms with E-state index in [1.165, 1.54) is 0 Å². The average Bonchev–Trinajstić information content (AvgIpc) is 2.76. The number of carbonyl (C=O) groups excluding carboxylic acids is 2. The van der Waals surface area contributed by atoms with Crippen LogP contribution in [0.5, 0.6) is 5.75 Å². The number of benzene rings is 1. The van der Waals surface area contributed by atoms with Gasteiger partial charge in [-0.25, -0.2) is 0 Å². The van der Waals surface area contributed by atoms with Crippen molar-refractivity contribution < 1.29 is 19.1 Å². The highest BCUT2D eigenvalue weighted by atomic mass is 16.5. The highest BCUT2D eigenvalue weighted by molar-refractivity contribution is 5.94. The van der Waals surface area contributed by atoms with Crippen molar-refractivity contribution in [3.63, 3.8) is 0 Å². The number of piperidine rings is 2. The van der Waals surface area contributed by atoms with Gasteiger partial charge in [0.1, 0.15) is 12.4 Å². The summed E-state index contributed by atoms with van der Waals surface area (Å²) in [6.45, 7) is 8.65. The van der Waals surface area contributed by atoms with Crippen LogP contribution in [0.25, 0.3) is 0 Å². The van der Waals surface area contributed by atoms with Crippen LogP contribution < -0.4 is 4.74 Å². The van der Waals surface area contributed by atoms with Gasteiger partial charge in [-0.05, 0) is 62.8 Å². The molecule has 2 aliphatic rings. The number of carbonyl (C=O) groups is 2. The van der Waals surface area contributed by atoms with Crippen LogP contribution in [0.4, 0.5) is 0 Å². The van der Waals surface area contributed by atoms with Crippen LogP contribution in [0.3, 0.4) is 0 Å². The zero-order chi connectivity index (χ0) is 20.6. The number of nitrogens with zero attached hydrogens (tertiary/aromatic N) is 2. The predicted molar refractivity (Wildman–Crippen MR) is 112 cm³/mol. The molecule has 0 unspecified atom stereocenters. The molecule has 2 fully saturated rings. The van der Waals surface area contributed by atoms with E-state index < -0.39 is 0 Å². The van der Waals surface area contributed by atoms with Crippen LogP contribution in [0, 0.1) is 11.8 Å². The van der Waals surface area contributed by atoms with Gasteiger partial charge in [0.05, 0.1) is 6.61 Å². The minimum Gasteiger partial charge on any atom is -0.493 e. The number of hydrogen-bond acceptors (Lipinski definition) is 4. The Morgan fingerprint density at radius 2 is 1.76 bits per heavy atom. The molecule has 1 aromatic carbocycles. The zero-order valence-electron chi connectivity index (χ0n) is 17.8. The Morgan fingerprint density at radius 1 is 1.03 bits per heavy atom. The van der Waals surface area contributed by atoms with E-state index in [1.807, 2.05) is 41.0 Å². The summed E-state index contributed by atoms with van der Waals surface area (Å²) in [5.74, 6) is 1.98. The molecule has 2 heterocycles. The maximum Gasteiger partial charge on any atom is 0.253 e. The Kier molecular flexibility index (Phi) is 7.92. The van der Waals surface area contributed by atoms with E-state index in [9.17, 15) is 9.59 Å². The highest BCUT2D eigenvalue weighted by Gasteiger charge is 2.24. The molecule has 29 heavy (non-hydrogen) atoms. The van der Waals surface area contributed by atoms with Crippen LogP contribution in [-0.4, -0.2) is 67.6 Å². The molecule has 0 aliphatic carbocycles. The van der Waals surface area contributed by atoms with Gasteiger partial charge < -0.3 is 19.3 Å². The molecule has 0 radical (unpaired) electrons. The lowest BCUT2D eigenvalue weighted by Crippen LogP contribution is -2.43. The summed E-state index contributed by atoms with van der Waals surface area (Å²) in [5.41, 5.74) is 0.720. The molecule has 0 saturated carbocycles. The number of rotatable bonds is 7. The summed E-state index contributed by atoms with van der Waals surface area (Å²) in [4.78, 5) is 28.6. The molecule has 0 bridgehead atoms. The monoisotopic (exact) mass is 402 g/mol. The molecule has 2 aliphatic heterocycles. The Morgan fingerprint density at radius 3 is 2.45 bits per heavy atom. The molecule has 6 nitrogen and oxygen atoms in total. The van der Waals surface area contributed by atoms with Crippen molar-refractivity contribution in [1.82, 2.24) is 9.80 Å². The standard InChI is InChI=1S/C23H34N2O4/c1-3-28-17-22(26)25-12-4-5-19(15-25)16-29-21-8-6-20(7-9-21)23(27)24-13-10-18(2)11-14-24/h6-9,18-19H,3-5,10-17H2,1-2H3/t19-/m1/s1. The van der Waals surface area contributed by atoms with Crippen molar-refractivity contribution in [1.29, 1.82) is 0 Å². The van der Waals surface area contributed by atoms with Crippen LogP contribution in [0.1, 0.15) is 49.9 Å². The molecule has 2 amide bonds. The Hall–Kier alpha value is -2.08. The summed E-state index contributed by atoms with van der Waals surface area (Å²) in [6.07, 6.45) is 4.22. The summed E-state index contributed by atoms with van der Waals surface area (Å²) in [5, 5.41) is 0. The van der Waals surface area contributed by atoms with Crippen molar-refractivity contribution in [3.05, 3.63) is 29.8 Å². The maximum absolute atomic E-state index is 12.6. The SMILES string of the molecule is CCOCC(=O)N1CCC[C@@H](COc2ccc(C(=O)N3CCC(C)CC3)cc2)C1.